The first-order valence-electron chi connectivity index (χ1n) is 12.2. The monoisotopic (exact) mass is 445 g/mol. The van der Waals surface area contributed by atoms with Gasteiger partial charge in [0.2, 0.25) is 0 Å². The summed E-state index contributed by atoms with van der Waals surface area (Å²) in [6.07, 6.45) is 0. The lowest BCUT2D eigenvalue weighted by molar-refractivity contribution is 0.728. The van der Waals surface area contributed by atoms with Crippen molar-refractivity contribution < 1.29 is 0 Å². The highest BCUT2D eigenvalue weighted by Crippen LogP contribution is 2.53. The lowest BCUT2D eigenvalue weighted by Crippen LogP contribution is -2.36. The van der Waals surface area contributed by atoms with Crippen LogP contribution in [0.3, 0.4) is 0 Å². The van der Waals surface area contributed by atoms with E-state index in [1.54, 1.807) is 0 Å². The van der Waals surface area contributed by atoms with Gasteiger partial charge in [0.15, 0.2) is 0 Å². The normalized spacial score (nSPS) is 13.8. The maximum Gasteiger partial charge on any atom is 0.113 e. The maximum absolute atomic E-state index is 6.50. The molecule has 0 bridgehead atoms. The number of rotatable bonds is 2. The Morgan fingerprint density at radius 3 is 1.91 bits per heavy atom. The summed E-state index contributed by atoms with van der Waals surface area (Å²) >= 11 is 0. The Labute approximate surface area is 207 Å². The predicted molar refractivity (Wildman–Crippen MR) is 148 cm³/mol. The fourth-order valence-electron chi connectivity index (χ4n) is 6.16. The molecule has 0 spiro atoms. The van der Waals surface area contributed by atoms with Crippen molar-refractivity contribution in [1.29, 1.82) is 0 Å². The summed E-state index contributed by atoms with van der Waals surface area (Å²) in [7, 11) is 6.50. The van der Waals surface area contributed by atoms with Crippen molar-refractivity contribution in [3.8, 4) is 5.69 Å². The van der Waals surface area contributed by atoms with Crippen LogP contribution in [0.2, 0.25) is 0 Å². The molecule has 1 nitrogen and oxygen atoms in total. The molecule has 1 aromatic heterocycles. The molecule has 0 saturated heterocycles. The average molecular weight is 445 g/mol. The molecule has 0 aliphatic carbocycles. The quantitative estimate of drug-likeness (QED) is 0.256. The van der Waals surface area contributed by atoms with Crippen LogP contribution in [-0.2, 0) is 5.41 Å². The number of aryl methyl sites for hydroxylation is 2. The molecule has 0 amide bonds. The predicted octanol–water partition coefficient (Wildman–Crippen LogP) is 6.89. The summed E-state index contributed by atoms with van der Waals surface area (Å²) < 4.78 is 2.44. The molecular weight excluding hydrogens is 421 g/mol. The van der Waals surface area contributed by atoms with Crippen LogP contribution in [0.4, 0.5) is 0 Å². The van der Waals surface area contributed by atoms with Crippen molar-refractivity contribution in [3.63, 3.8) is 0 Å². The third-order valence-corrected chi connectivity index (χ3v) is 7.73. The Morgan fingerprint density at radius 1 is 0.600 bits per heavy atom. The summed E-state index contributed by atoms with van der Waals surface area (Å²) in [5, 5.41) is 2.56. The van der Waals surface area contributed by atoms with Crippen LogP contribution in [-0.4, -0.2) is 12.4 Å². The molecule has 0 unspecified atom stereocenters. The van der Waals surface area contributed by atoms with Crippen molar-refractivity contribution in [2.24, 2.45) is 0 Å². The summed E-state index contributed by atoms with van der Waals surface area (Å²) in [5.74, 6) is 0. The van der Waals surface area contributed by atoms with Crippen LogP contribution in [0.15, 0.2) is 109 Å². The molecule has 1 aliphatic rings. The summed E-state index contributed by atoms with van der Waals surface area (Å²) in [6.45, 7) is 4.29. The number of hydrogen-bond donors (Lipinski definition) is 0. The fraction of sp³-hybridized carbons (Fsp3) is 0.0909. The zero-order valence-corrected chi connectivity index (χ0v) is 19.9. The summed E-state index contributed by atoms with van der Waals surface area (Å²) in [5.41, 5.74) is 11.5. The second-order valence-corrected chi connectivity index (χ2v) is 9.81. The highest BCUT2D eigenvalue weighted by Gasteiger charge is 2.45. The van der Waals surface area contributed by atoms with E-state index in [1.807, 2.05) is 6.07 Å². The molecular formula is C33H24BN. The van der Waals surface area contributed by atoms with Crippen LogP contribution in [0, 0.1) is 13.8 Å². The van der Waals surface area contributed by atoms with E-state index in [-0.39, 0.29) is 0 Å². The molecule has 35 heavy (non-hydrogen) atoms. The molecule has 7 rings (SSSR count). The van der Waals surface area contributed by atoms with E-state index in [4.69, 9.17) is 7.85 Å². The van der Waals surface area contributed by atoms with Crippen LogP contribution < -0.4 is 5.46 Å². The van der Waals surface area contributed by atoms with Gasteiger partial charge in [0.25, 0.3) is 0 Å². The molecule has 1 aliphatic heterocycles. The first-order chi connectivity index (χ1) is 17.1. The van der Waals surface area contributed by atoms with Crippen molar-refractivity contribution in [2.75, 3.05) is 0 Å². The zero-order chi connectivity index (χ0) is 23.7. The van der Waals surface area contributed by atoms with Crippen molar-refractivity contribution in [2.45, 2.75) is 19.3 Å². The Morgan fingerprint density at radius 2 is 1.23 bits per heavy atom. The average Bonchev–Trinajstić information content (AvgIpc) is 3.22. The molecule has 2 heteroatoms. The number of nitrogens with zero attached hydrogens (tertiary/aromatic N) is 1. The van der Waals surface area contributed by atoms with E-state index >= 15 is 0 Å². The minimum Gasteiger partial charge on any atom is -0.309 e. The SMILES string of the molecule is [B]c1ccc2c(c1)C(c1ccc(C)cc1)(c1ccc(C)cc1)c1cccc3c4ccccc4n-2c13. The number of aromatic nitrogens is 1. The first-order valence-corrected chi connectivity index (χ1v) is 12.2. The highest BCUT2D eigenvalue weighted by atomic mass is 15.0. The van der Waals surface area contributed by atoms with E-state index in [0.717, 1.165) is 5.46 Å². The minimum atomic E-state index is -0.490. The van der Waals surface area contributed by atoms with Gasteiger partial charge in [0, 0.05) is 10.8 Å². The van der Waals surface area contributed by atoms with E-state index in [2.05, 4.69) is 122 Å². The lowest BCUT2D eigenvalue weighted by Gasteiger charge is -2.42. The van der Waals surface area contributed by atoms with E-state index in [9.17, 15) is 0 Å². The Hall–Kier alpha value is -4.04. The van der Waals surface area contributed by atoms with Crippen molar-refractivity contribution in [3.05, 3.63) is 143 Å². The molecule has 164 valence electrons. The van der Waals surface area contributed by atoms with Gasteiger partial charge < -0.3 is 4.57 Å². The third kappa shape index (κ3) is 2.65. The van der Waals surface area contributed by atoms with Gasteiger partial charge in [-0.25, -0.2) is 0 Å². The second-order valence-electron chi connectivity index (χ2n) is 9.81. The van der Waals surface area contributed by atoms with Gasteiger partial charge in [-0.2, -0.15) is 0 Å². The highest BCUT2D eigenvalue weighted by molar-refractivity contribution is 6.32. The van der Waals surface area contributed by atoms with Gasteiger partial charge in [-0.05, 0) is 48.2 Å². The molecule has 6 aromatic rings. The van der Waals surface area contributed by atoms with Gasteiger partial charge in [0.05, 0.1) is 22.1 Å². The summed E-state index contributed by atoms with van der Waals surface area (Å²) in [6, 6.07) is 40.0. The van der Waals surface area contributed by atoms with E-state index < -0.39 is 5.41 Å². The molecule has 0 fully saturated rings. The third-order valence-electron chi connectivity index (χ3n) is 7.73. The van der Waals surface area contributed by atoms with Crippen LogP contribution in [0.1, 0.15) is 33.4 Å². The largest absolute Gasteiger partial charge is 0.309 e. The van der Waals surface area contributed by atoms with Gasteiger partial charge in [0.1, 0.15) is 7.85 Å². The summed E-state index contributed by atoms with van der Waals surface area (Å²) in [4.78, 5) is 0. The number of para-hydroxylation sites is 2. The topological polar surface area (TPSA) is 4.93 Å². The first kappa shape index (κ1) is 20.3. The van der Waals surface area contributed by atoms with Gasteiger partial charge in [-0.3, -0.25) is 0 Å². The molecule has 0 atom stereocenters. The Kier molecular flexibility index (Phi) is 4.20. The molecule has 0 saturated carbocycles. The second kappa shape index (κ2) is 7.23. The Bertz CT molecular complexity index is 1710. The standard InChI is InChI=1S/C33H24BN/c1-21-10-14-23(15-11-21)33(24-16-12-22(2)13-17-24)28-8-5-7-27-26-6-3-4-9-30(26)35(32(27)28)31-19-18-25(34)20-29(31)33/h3-20H,1-2H3. The van der Waals surface area contributed by atoms with E-state index in [0.29, 0.717) is 0 Å². The fourth-order valence-corrected chi connectivity index (χ4v) is 6.16. The maximum atomic E-state index is 6.50. The molecule has 2 heterocycles. The number of benzene rings is 5. The number of fused-ring (bicyclic) bond motifs is 5. The smallest absolute Gasteiger partial charge is 0.113 e. The van der Waals surface area contributed by atoms with E-state index in [1.165, 1.54) is 60.9 Å². The Balaban J connectivity index is 1.77. The molecule has 2 radical (unpaired) electrons. The van der Waals surface area contributed by atoms with Gasteiger partial charge in [-0.15, -0.1) is 0 Å². The number of hydrogen-bond acceptors (Lipinski definition) is 0. The van der Waals surface area contributed by atoms with Crippen molar-refractivity contribution >= 4 is 35.1 Å². The lowest BCUT2D eigenvalue weighted by atomic mass is 9.62. The van der Waals surface area contributed by atoms with Gasteiger partial charge >= 0.3 is 0 Å². The van der Waals surface area contributed by atoms with Crippen LogP contribution in [0.5, 0.6) is 0 Å². The molecule has 5 aromatic carbocycles. The van der Waals surface area contributed by atoms with Crippen LogP contribution >= 0.6 is 0 Å². The van der Waals surface area contributed by atoms with Gasteiger partial charge in [-0.1, -0.05) is 114 Å². The zero-order valence-electron chi connectivity index (χ0n) is 19.9. The van der Waals surface area contributed by atoms with Crippen LogP contribution in [0.25, 0.3) is 27.5 Å². The van der Waals surface area contributed by atoms with Crippen molar-refractivity contribution in [1.82, 2.24) is 4.57 Å². The molecule has 0 N–H and O–H groups in total. The minimum absolute atomic E-state index is 0.490.